The molecule has 0 unspecified atom stereocenters. The minimum absolute atomic E-state index is 0.0696. The van der Waals surface area contributed by atoms with Crippen molar-refractivity contribution in [1.29, 1.82) is 0 Å². The molecule has 0 radical (unpaired) electrons. The number of nitrogens with two attached hydrogens (primary N) is 1. The maximum absolute atomic E-state index is 12.9. The summed E-state index contributed by atoms with van der Waals surface area (Å²) in [5.41, 5.74) is 3.63. The Kier molecular flexibility index (Phi) is 3.13. The molecule has 0 saturated heterocycles. The third-order valence-electron chi connectivity index (χ3n) is 1.55. The van der Waals surface area contributed by atoms with E-state index >= 15 is 0 Å². The van der Waals surface area contributed by atoms with Crippen LogP contribution < -0.4 is 11.1 Å². The van der Waals surface area contributed by atoms with Gasteiger partial charge < -0.3 is 11.1 Å². The number of anilines is 1. The fourth-order valence-corrected chi connectivity index (χ4v) is 0.904. The SMILES string of the molecule is NC(=O)CNc1c(F)c(F)cc(F)c1F. The Labute approximate surface area is 81.9 Å². The lowest BCUT2D eigenvalue weighted by atomic mass is 10.2. The number of nitrogens with one attached hydrogen (secondary N) is 1. The molecule has 82 valence electrons. The van der Waals surface area contributed by atoms with Gasteiger partial charge in [0.25, 0.3) is 0 Å². The van der Waals surface area contributed by atoms with Gasteiger partial charge in [0, 0.05) is 6.07 Å². The van der Waals surface area contributed by atoms with Gasteiger partial charge in [0.2, 0.25) is 5.91 Å². The molecule has 0 heterocycles. The summed E-state index contributed by atoms with van der Waals surface area (Å²) >= 11 is 0. The molecule has 15 heavy (non-hydrogen) atoms. The number of halogens is 4. The number of benzene rings is 1. The Bertz CT molecular complexity index is 382. The molecule has 0 fully saturated rings. The van der Waals surface area contributed by atoms with E-state index in [9.17, 15) is 22.4 Å². The molecule has 7 heteroatoms. The largest absolute Gasteiger partial charge is 0.371 e. The zero-order valence-electron chi connectivity index (χ0n) is 7.28. The van der Waals surface area contributed by atoms with E-state index in [1.165, 1.54) is 0 Å². The van der Waals surface area contributed by atoms with Crippen LogP contribution in [0.15, 0.2) is 6.07 Å². The molecular weight excluding hydrogens is 216 g/mol. The number of carbonyl (C=O) groups is 1. The first kappa shape index (κ1) is 11.3. The van der Waals surface area contributed by atoms with Crippen LogP contribution in [-0.4, -0.2) is 12.5 Å². The third-order valence-corrected chi connectivity index (χ3v) is 1.55. The van der Waals surface area contributed by atoms with E-state index in [4.69, 9.17) is 0 Å². The maximum Gasteiger partial charge on any atom is 0.236 e. The van der Waals surface area contributed by atoms with Crippen LogP contribution in [0.4, 0.5) is 23.2 Å². The van der Waals surface area contributed by atoms with Crippen LogP contribution >= 0.6 is 0 Å². The zero-order valence-corrected chi connectivity index (χ0v) is 7.28. The zero-order chi connectivity index (χ0) is 11.6. The van der Waals surface area contributed by atoms with Crippen molar-refractivity contribution < 1.29 is 22.4 Å². The second-order valence-corrected chi connectivity index (χ2v) is 2.66. The third kappa shape index (κ3) is 2.36. The van der Waals surface area contributed by atoms with Crippen molar-refractivity contribution in [3.63, 3.8) is 0 Å². The van der Waals surface area contributed by atoms with Gasteiger partial charge in [0.1, 0.15) is 5.69 Å². The van der Waals surface area contributed by atoms with E-state index < -0.39 is 41.4 Å². The van der Waals surface area contributed by atoms with Gasteiger partial charge in [-0.15, -0.1) is 0 Å². The lowest BCUT2D eigenvalue weighted by molar-refractivity contribution is -0.116. The molecule has 0 aliphatic heterocycles. The van der Waals surface area contributed by atoms with Crippen molar-refractivity contribution in [2.45, 2.75) is 0 Å². The van der Waals surface area contributed by atoms with Crippen LogP contribution in [0.5, 0.6) is 0 Å². The molecule has 1 aromatic carbocycles. The van der Waals surface area contributed by atoms with E-state index in [-0.39, 0.29) is 6.07 Å². The van der Waals surface area contributed by atoms with E-state index in [2.05, 4.69) is 5.73 Å². The van der Waals surface area contributed by atoms with Gasteiger partial charge in [0.05, 0.1) is 6.54 Å². The number of hydrogen-bond acceptors (Lipinski definition) is 2. The molecule has 0 atom stereocenters. The standard InChI is InChI=1S/C8H6F4N2O/c9-3-1-4(10)7(12)8(6(3)11)14-2-5(13)15/h1,14H,2H2,(H2,13,15). The molecule has 3 nitrogen and oxygen atoms in total. The van der Waals surface area contributed by atoms with Crippen LogP contribution in [0.1, 0.15) is 0 Å². The van der Waals surface area contributed by atoms with Crippen molar-refractivity contribution in [3.8, 4) is 0 Å². The first-order valence-electron chi connectivity index (χ1n) is 3.78. The number of hydrogen-bond donors (Lipinski definition) is 2. The van der Waals surface area contributed by atoms with Crippen LogP contribution in [-0.2, 0) is 4.79 Å². The number of rotatable bonds is 3. The molecule has 3 N–H and O–H groups in total. The lowest BCUT2D eigenvalue weighted by Gasteiger charge is -2.07. The lowest BCUT2D eigenvalue weighted by Crippen LogP contribution is -2.23. The summed E-state index contributed by atoms with van der Waals surface area (Å²) in [5.74, 6) is -7.23. The van der Waals surface area contributed by atoms with Crippen LogP contribution in [0.25, 0.3) is 0 Å². The quantitative estimate of drug-likeness (QED) is 0.595. The molecule has 1 amide bonds. The predicted octanol–water partition coefficient (Wildman–Crippen LogP) is 1.14. The Morgan fingerprint density at radius 1 is 1.20 bits per heavy atom. The van der Waals surface area contributed by atoms with Crippen molar-refractivity contribution >= 4 is 11.6 Å². The summed E-state index contributed by atoms with van der Waals surface area (Å²) in [4.78, 5) is 10.3. The Hall–Kier alpha value is -1.79. The summed E-state index contributed by atoms with van der Waals surface area (Å²) in [6, 6.07) is 0.0696. The summed E-state index contributed by atoms with van der Waals surface area (Å²) < 4.78 is 51.0. The average molecular weight is 222 g/mol. The fraction of sp³-hybridized carbons (Fsp3) is 0.125. The molecule has 1 rings (SSSR count). The van der Waals surface area contributed by atoms with Crippen molar-refractivity contribution in [2.24, 2.45) is 5.73 Å². The highest BCUT2D eigenvalue weighted by Crippen LogP contribution is 2.23. The van der Waals surface area contributed by atoms with Crippen LogP contribution in [0.3, 0.4) is 0 Å². The summed E-state index contributed by atoms with van der Waals surface area (Å²) in [7, 11) is 0. The van der Waals surface area contributed by atoms with E-state index in [1.54, 1.807) is 0 Å². The molecule has 1 aromatic rings. The monoisotopic (exact) mass is 222 g/mol. The molecule has 0 aliphatic rings. The topological polar surface area (TPSA) is 55.1 Å². The first-order chi connectivity index (χ1) is 6.93. The highest BCUT2D eigenvalue weighted by atomic mass is 19.2. The molecule has 0 aliphatic carbocycles. The second-order valence-electron chi connectivity index (χ2n) is 2.66. The van der Waals surface area contributed by atoms with Gasteiger partial charge in [-0.1, -0.05) is 0 Å². The summed E-state index contributed by atoms with van der Waals surface area (Å²) in [6.07, 6.45) is 0. The first-order valence-corrected chi connectivity index (χ1v) is 3.78. The molecule has 0 spiro atoms. The number of primary amides is 1. The average Bonchev–Trinajstić information content (AvgIpc) is 2.14. The van der Waals surface area contributed by atoms with Crippen molar-refractivity contribution in [3.05, 3.63) is 29.3 Å². The normalized spacial score (nSPS) is 10.1. The number of carbonyl (C=O) groups excluding carboxylic acids is 1. The Balaban J connectivity index is 3.09. The van der Waals surface area contributed by atoms with Crippen LogP contribution in [0, 0.1) is 23.3 Å². The highest BCUT2D eigenvalue weighted by Gasteiger charge is 2.18. The van der Waals surface area contributed by atoms with Gasteiger partial charge in [-0.2, -0.15) is 0 Å². The summed E-state index contributed by atoms with van der Waals surface area (Å²) in [6.45, 7) is -0.628. The van der Waals surface area contributed by atoms with Crippen molar-refractivity contribution in [2.75, 3.05) is 11.9 Å². The van der Waals surface area contributed by atoms with Gasteiger partial charge in [-0.25, -0.2) is 17.6 Å². The molecule has 0 aromatic heterocycles. The van der Waals surface area contributed by atoms with Gasteiger partial charge in [-0.05, 0) is 0 Å². The van der Waals surface area contributed by atoms with Crippen LogP contribution in [0.2, 0.25) is 0 Å². The fourth-order valence-electron chi connectivity index (χ4n) is 0.904. The van der Waals surface area contributed by atoms with Gasteiger partial charge >= 0.3 is 0 Å². The van der Waals surface area contributed by atoms with Gasteiger partial charge in [-0.3, -0.25) is 4.79 Å². The van der Waals surface area contributed by atoms with E-state index in [1.807, 2.05) is 5.32 Å². The predicted molar refractivity (Wildman–Crippen MR) is 44.0 cm³/mol. The molecule has 0 saturated carbocycles. The smallest absolute Gasteiger partial charge is 0.236 e. The van der Waals surface area contributed by atoms with E-state index in [0.29, 0.717) is 0 Å². The van der Waals surface area contributed by atoms with E-state index in [0.717, 1.165) is 0 Å². The minimum atomic E-state index is -1.60. The molecular formula is C8H6F4N2O. The Morgan fingerprint density at radius 2 is 1.67 bits per heavy atom. The number of amides is 1. The van der Waals surface area contributed by atoms with Crippen molar-refractivity contribution in [1.82, 2.24) is 0 Å². The molecule has 0 bridgehead atoms. The summed E-state index contributed by atoms with van der Waals surface area (Å²) in [5, 5.41) is 1.86. The second kappa shape index (κ2) is 4.16. The Morgan fingerprint density at radius 3 is 2.07 bits per heavy atom. The minimum Gasteiger partial charge on any atom is -0.371 e. The van der Waals surface area contributed by atoms with Gasteiger partial charge in [0.15, 0.2) is 23.3 Å². The highest BCUT2D eigenvalue weighted by molar-refractivity contribution is 5.78. The maximum atomic E-state index is 12.9.